The van der Waals surface area contributed by atoms with Gasteiger partial charge in [0.1, 0.15) is 0 Å². The van der Waals surface area contributed by atoms with Gasteiger partial charge >= 0.3 is 0 Å². The Labute approximate surface area is 132 Å². The van der Waals surface area contributed by atoms with Gasteiger partial charge in [0.15, 0.2) is 0 Å². The van der Waals surface area contributed by atoms with Crippen LogP contribution in [0.3, 0.4) is 0 Å². The standard InChI is InChI=1S/C17H29BrN2/c1-3-4-5-6-7-8-9-10-11-16(19-2)17-13-12-15(18)14-20-17/h12-14,16,19H,3-11H2,1-2H3. The van der Waals surface area contributed by atoms with Crippen LogP contribution >= 0.6 is 15.9 Å². The molecule has 1 N–H and O–H groups in total. The molecular weight excluding hydrogens is 312 g/mol. The molecule has 0 aromatic carbocycles. The summed E-state index contributed by atoms with van der Waals surface area (Å²) in [5.41, 5.74) is 1.15. The largest absolute Gasteiger partial charge is 0.312 e. The molecule has 3 heteroatoms. The summed E-state index contributed by atoms with van der Waals surface area (Å²) >= 11 is 3.43. The monoisotopic (exact) mass is 340 g/mol. The van der Waals surface area contributed by atoms with Crippen LogP contribution < -0.4 is 5.32 Å². The summed E-state index contributed by atoms with van der Waals surface area (Å²) in [5.74, 6) is 0. The summed E-state index contributed by atoms with van der Waals surface area (Å²) in [5, 5.41) is 3.38. The van der Waals surface area contributed by atoms with E-state index >= 15 is 0 Å². The molecule has 1 aromatic rings. The first-order valence-electron chi connectivity index (χ1n) is 8.06. The molecule has 1 rings (SSSR count). The van der Waals surface area contributed by atoms with Gasteiger partial charge in [-0.25, -0.2) is 0 Å². The molecule has 0 aliphatic rings. The van der Waals surface area contributed by atoms with Crippen LogP contribution in [-0.4, -0.2) is 12.0 Å². The molecule has 114 valence electrons. The van der Waals surface area contributed by atoms with Crippen molar-refractivity contribution in [3.63, 3.8) is 0 Å². The van der Waals surface area contributed by atoms with Crippen LogP contribution in [0.15, 0.2) is 22.8 Å². The Morgan fingerprint density at radius 2 is 1.70 bits per heavy atom. The molecule has 0 aliphatic heterocycles. The predicted molar refractivity (Wildman–Crippen MR) is 91.0 cm³/mol. The van der Waals surface area contributed by atoms with Gasteiger partial charge in [-0.2, -0.15) is 0 Å². The van der Waals surface area contributed by atoms with E-state index in [-0.39, 0.29) is 0 Å². The third-order valence-electron chi connectivity index (χ3n) is 3.80. The number of pyridine rings is 1. The van der Waals surface area contributed by atoms with Crippen molar-refractivity contribution < 1.29 is 0 Å². The van der Waals surface area contributed by atoms with Gasteiger partial charge in [0.2, 0.25) is 0 Å². The lowest BCUT2D eigenvalue weighted by Gasteiger charge is -2.15. The SMILES string of the molecule is CCCCCCCCCCC(NC)c1ccc(Br)cn1. The van der Waals surface area contributed by atoms with Gasteiger partial charge < -0.3 is 5.32 Å². The van der Waals surface area contributed by atoms with Crippen molar-refractivity contribution >= 4 is 15.9 Å². The fourth-order valence-corrected chi connectivity index (χ4v) is 2.75. The van der Waals surface area contributed by atoms with Gasteiger partial charge in [-0.1, -0.05) is 58.3 Å². The fraction of sp³-hybridized carbons (Fsp3) is 0.706. The number of nitrogens with zero attached hydrogens (tertiary/aromatic N) is 1. The molecular formula is C17H29BrN2. The lowest BCUT2D eigenvalue weighted by atomic mass is 10.0. The van der Waals surface area contributed by atoms with Gasteiger partial charge in [0, 0.05) is 16.7 Å². The Hall–Kier alpha value is -0.410. The van der Waals surface area contributed by atoms with Gasteiger partial charge in [-0.3, -0.25) is 4.98 Å². The minimum absolute atomic E-state index is 0.392. The summed E-state index contributed by atoms with van der Waals surface area (Å²) in [6, 6.07) is 4.57. The number of hydrogen-bond acceptors (Lipinski definition) is 2. The third-order valence-corrected chi connectivity index (χ3v) is 4.27. The van der Waals surface area contributed by atoms with E-state index in [1.807, 2.05) is 13.2 Å². The molecule has 2 nitrogen and oxygen atoms in total. The zero-order chi connectivity index (χ0) is 14.6. The topological polar surface area (TPSA) is 24.9 Å². The first-order valence-corrected chi connectivity index (χ1v) is 8.86. The van der Waals surface area contributed by atoms with Crippen LogP contribution in [0.5, 0.6) is 0 Å². The average Bonchev–Trinajstić information content (AvgIpc) is 2.47. The molecule has 1 unspecified atom stereocenters. The van der Waals surface area contributed by atoms with Crippen molar-refractivity contribution in [1.82, 2.24) is 10.3 Å². The van der Waals surface area contributed by atoms with Crippen molar-refractivity contribution in [2.24, 2.45) is 0 Å². The van der Waals surface area contributed by atoms with Gasteiger partial charge in [0.05, 0.1) is 5.69 Å². The van der Waals surface area contributed by atoms with E-state index in [1.54, 1.807) is 0 Å². The number of rotatable bonds is 11. The van der Waals surface area contributed by atoms with Crippen LogP contribution in [0.25, 0.3) is 0 Å². The molecule has 1 atom stereocenters. The van der Waals surface area contributed by atoms with Crippen molar-refractivity contribution in [2.45, 2.75) is 70.8 Å². The number of hydrogen-bond donors (Lipinski definition) is 1. The molecule has 0 fully saturated rings. The summed E-state index contributed by atoms with van der Waals surface area (Å²) in [6.07, 6.45) is 14.1. The Bertz CT molecular complexity index is 337. The maximum absolute atomic E-state index is 4.49. The van der Waals surface area contributed by atoms with Crippen LogP contribution in [0.1, 0.15) is 76.4 Å². The second-order valence-corrected chi connectivity index (χ2v) is 6.42. The Morgan fingerprint density at radius 1 is 1.05 bits per heavy atom. The van der Waals surface area contributed by atoms with Crippen molar-refractivity contribution in [1.29, 1.82) is 0 Å². The van der Waals surface area contributed by atoms with Crippen LogP contribution in [0.4, 0.5) is 0 Å². The fourth-order valence-electron chi connectivity index (χ4n) is 2.52. The summed E-state index contributed by atoms with van der Waals surface area (Å²) in [7, 11) is 2.03. The Balaban J connectivity index is 2.14. The van der Waals surface area contributed by atoms with Gasteiger partial charge in [-0.15, -0.1) is 0 Å². The molecule has 0 spiro atoms. The van der Waals surface area contributed by atoms with E-state index in [2.05, 4.69) is 45.3 Å². The zero-order valence-electron chi connectivity index (χ0n) is 13.0. The predicted octanol–water partition coefficient (Wildman–Crippen LogP) is 5.64. The summed E-state index contributed by atoms with van der Waals surface area (Å²) in [4.78, 5) is 4.49. The highest BCUT2D eigenvalue weighted by Crippen LogP contribution is 2.20. The quantitative estimate of drug-likeness (QED) is 0.527. The van der Waals surface area contributed by atoms with Gasteiger partial charge in [0.25, 0.3) is 0 Å². The maximum atomic E-state index is 4.49. The third kappa shape index (κ3) is 7.39. The second-order valence-electron chi connectivity index (χ2n) is 5.51. The number of aromatic nitrogens is 1. The molecule has 0 radical (unpaired) electrons. The molecule has 0 saturated carbocycles. The van der Waals surface area contributed by atoms with Crippen LogP contribution in [-0.2, 0) is 0 Å². The minimum Gasteiger partial charge on any atom is -0.312 e. The molecule has 1 aromatic heterocycles. The molecule has 0 aliphatic carbocycles. The molecule has 0 saturated heterocycles. The van der Waals surface area contributed by atoms with E-state index in [9.17, 15) is 0 Å². The molecule has 1 heterocycles. The van der Waals surface area contributed by atoms with Crippen LogP contribution in [0, 0.1) is 0 Å². The normalized spacial score (nSPS) is 12.6. The Kier molecular flexibility index (Phi) is 9.94. The zero-order valence-corrected chi connectivity index (χ0v) is 14.6. The number of halogens is 1. The van der Waals surface area contributed by atoms with Gasteiger partial charge in [-0.05, 0) is 41.5 Å². The van der Waals surface area contributed by atoms with Crippen molar-refractivity contribution in [3.05, 3.63) is 28.5 Å². The van der Waals surface area contributed by atoms with E-state index < -0.39 is 0 Å². The number of unbranched alkanes of at least 4 members (excludes halogenated alkanes) is 7. The molecule has 0 bridgehead atoms. The summed E-state index contributed by atoms with van der Waals surface area (Å²) < 4.78 is 1.04. The average molecular weight is 341 g/mol. The van der Waals surface area contributed by atoms with E-state index in [0.717, 1.165) is 10.2 Å². The van der Waals surface area contributed by atoms with E-state index in [0.29, 0.717) is 6.04 Å². The van der Waals surface area contributed by atoms with Crippen molar-refractivity contribution in [3.8, 4) is 0 Å². The van der Waals surface area contributed by atoms with E-state index in [1.165, 1.54) is 57.8 Å². The maximum Gasteiger partial charge on any atom is 0.0573 e. The highest BCUT2D eigenvalue weighted by molar-refractivity contribution is 9.10. The minimum atomic E-state index is 0.392. The first-order chi connectivity index (χ1) is 9.77. The lowest BCUT2D eigenvalue weighted by molar-refractivity contribution is 0.486. The van der Waals surface area contributed by atoms with E-state index in [4.69, 9.17) is 0 Å². The van der Waals surface area contributed by atoms with Crippen molar-refractivity contribution in [2.75, 3.05) is 7.05 Å². The summed E-state index contributed by atoms with van der Waals surface area (Å²) in [6.45, 7) is 2.27. The first kappa shape index (κ1) is 17.6. The highest BCUT2D eigenvalue weighted by atomic mass is 79.9. The number of nitrogens with one attached hydrogen (secondary N) is 1. The highest BCUT2D eigenvalue weighted by Gasteiger charge is 2.09. The lowest BCUT2D eigenvalue weighted by Crippen LogP contribution is -2.17. The smallest absolute Gasteiger partial charge is 0.0573 e. The van der Waals surface area contributed by atoms with Crippen LogP contribution in [0.2, 0.25) is 0 Å². The molecule has 20 heavy (non-hydrogen) atoms. The molecule has 0 amide bonds. The second kappa shape index (κ2) is 11.3. The Morgan fingerprint density at radius 3 is 2.25 bits per heavy atom.